The fraction of sp³-hybridized carbons (Fsp3) is 0.667. The minimum atomic E-state index is 0.00866. The van der Waals surface area contributed by atoms with E-state index in [0.717, 1.165) is 31.0 Å². The topological polar surface area (TPSA) is 64.2 Å². The minimum absolute atomic E-state index is 0.00866. The minimum Gasteiger partial charge on any atom is -0.395 e. The molecule has 1 atom stereocenters. The molecule has 5 nitrogen and oxygen atoms in total. The van der Waals surface area contributed by atoms with Crippen molar-refractivity contribution in [1.82, 2.24) is 14.7 Å². The van der Waals surface area contributed by atoms with E-state index in [4.69, 9.17) is 5.73 Å². The molecule has 100 valence electrons. The van der Waals surface area contributed by atoms with Gasteiger partial charge in [-0.3, -0.25) is 9.48 Å². The van der Waals surface area contributed by atoms with Crippen LogP contribution in [-0.2, 0) is 7.05 Å². The van der Waals surface area contributed by atoms with Gasteiger partial charge in [-0.1, -0.05) is 6.92 Å². The SMILES string of the molecule is CCC1CN(C(=O)c2c(N)c(C)nn2C)CCS1. The summed E-state index contributed by atoms with van der Waals surface area (Å²) in [5, 5.41) is 4.74. The van der Waals surface area contributed by atoms with E-state index >= 15 is 0 Å². The second kappa shape index (κ2) is 5.22. The van der Waals surface area contributed by atoms with Crippen LogP contribution in [0.3, 0.4) is 0 Å². The fourth-order valence-electron chi connectivity index (χ4n) is 2.23. The van der Waals surface area contributed by atoms with Crippen molar-refractivity contribution in [1.29, 1.82) is 0 Å². The number of rotatable bonds is 2. The molecule has 18 heavy (non-hydrogen) atoms. The van der Waals surface area contributed by atoms with Gasteiger partial charge in [0.1, 0.15) is 5.69 Å². The molecule has 1 unspecified atom stereocenters. The molecule has 2 heterocycles. The summed E-state index contributed by atoms with van der Waals surface area (Å²) in [6.07, 6.45) is 1.09. The standard InChI is InChI=1S/C12H20N4OS/c1-4-9-7-16(5-6-18-9)12(17)11-10(13)8(2)14-15(11)3/h9H,4-7,13H2,1-3H3. The molecule has 2 N–H and O–H groups in total. The zero-order chi connectivity index (χ0) is 13.3. The lowest BCUT2D eigenvalue weighted by Gasteiger charge is -2.31. The summed E-state index contributed by atoms with van der Waals surface area (Å²) in [7, 11) is 1.77. The summed E-state index contributed by atoms with van der Waals surface area (Å²) >= 11 is 1.95. The molecule has 1 aliphatic rings. The number of nitrogens with two attached hydrogens (primary N) is 1. The maximum Gasteiger partial charge on any atom is 0.274 e. The lowest BCUT2D eigenvalue weighted by Crippen LogP contribution is -2.42. The second-order valence-corrected chi connectivity index (χ2v) is 6.03. The molecule has 0 radical (unpaired) electrons. The monoisotopic (exact) mass is 268 g/mol. The summed E-state index contributed by atoms with van der Waals surface area (Å²) < 4.78 is 1.59. The van der Waals surface area contributed by atoms with Crippen molar-refractivity contribution in [2.24, 2.45) is 7.05 Å². The predicted molar refractivity (Wildman–Crippen MR) is 74.8 cm³/mol. The molecule has 6 heteroatoms. The van der Waals surface area contributed by atoms with Crippen molar-refractivity contribution in [2.45, 2.75) is 25.5 Å². The van der Waals surface area contributed by atoms with Crippen LogP contribution in [0.25, 0.3) is 0 Å². The van der Waals surface area contributed by atoms with Gasteiger partial charge >= 0.3 is 0 Å². The van der Waals surface area contributed by atoms with Crippen molar-refractivity contribution >= 4 is 23.4 Å². The van der Waals surface area contributed by atoms with Gasteiger partial charge in [-0.15, -0.1) is 0 Å². The van der Waals surface area contributed by atoms with Gasteiger partial charge in [-0.25, -0.2) is 0 Å². The van der Waals surface area contributed by atoms with Crippen molar-refractivity contribution in [3.8, 4) is 0 Å². The van der Waals surface area contributed by atoms with E-state index < -0.39 is 0 Å². The van der Waals surface area contributed by atoms with E-state index in [-0.39, 0.29) is 5.91 Å². The fourth-order valence-corrected chi connectivity index (χ4v) is 3.41. The number of hydrogen-bond acceptors (Lipinski definition) is 4. The first-order valence-electron chi connectivity index (χ1n) is 6.24. The molecular formula is C12H20N4OS. The van der Waals surface area contributed by atoms with E-state index in [2.05, 4.69) is 12.0 Å². The third kappa shape index (κ3) is 2.34. The Labute approximate surface area is 112 Å². The normalized spacial score (nSPS) is 20.2. The second-order valence-electron chi connectivity index (χ2n) is 4.62. The number of carbonyl (C=O) groups excluding carboxylic acids is 1. The first kappa shape index (κ1) is 13.3. The van der Waals surface area contributed by atoms with Crippen LogP contribution in [0.15, 0.2) is 0 Å². The summed E-state index contributed by atoms with van der Waals surface area (Å²) in [6, 6.07) is 0. The lowest BCUT2D eigenvalue weighted by atomic mass is 10.2. The van der Waals surface area contributed by atoms with Crippen LogP contribution in [0.1, 0.15) is 29.5 Å². The Morgan fingerprint density at radius 3 is 2.89 bits per heavy atom. The Hall–Kier alpha value is -1.17. The van der Waals surface area contributed by atoms with Crippen LogP contribution in [0.2, 0.25) is 0 Å². The van der Waals surface area contributed by atoms with E-state index in [9.17, 15) is 4.79 Å². The van der Waals surface area contributed by atoms with Gasteiger partial charge in [0, 0.05) is 31.1 Å². The van der Waals surface area contributed by atoms with Gasteiger partial charge < -0.3 is 10.6 Å². The number of aromatic nitrogens is 2. The number of amides is 1. The Morgan fingerprint density at radius 2 is 2.33 bits per heavy atom. The lowest BCUT2D eigenvalue weighted by molar-refractivity contribution is 0.0751. The molecule has 1 aliphatic heterocycles. The first-order valence-corrected chi connectivity index (χ1v) is 7.29. The number of nitrogens with zero attached hydrogens (tertiary/aromatic N) is 3. The number of thioether (sulfide) groups is 1. The molecule has 1 aromatic rings. The molecule has 0 bridgehead atoms. The van der Waals surface area contributed by atoms with Gasteiger partial charge in [-0.2, -0.15) is 16.9 Å². The van der Waals surface area contributed by atoms with Gasteiger partial charge in [0.25, 0.3) is 5.91 Å². The molecule has 1 saturated heterocycles. The van der Waals surface area contributed by atoms with Crippen LogP contribution in [0, 0.1) is 6.92 Å². The van der Waals surface area contributed by atoms with E-state index in [0.29, 0.717) is 16.6 Å². The molecule has 2 rings (SSSR count). The van der Waals surface area contributed by atoms with Crippen LogP contribution in [0.4, 0.5) is 5.69 Å². The molecule has 0 saturated carbocycles. The van der Waals surface area contributed by atoms with Gasteiger partial charge in [-0.05, 0) is 13.3 Å². The summed E-state index contributed by atoms with van der Waals surface area (Å²) in [5.41, 5.74) is 7.69. The highest BCUT2D eigenvalue weighted by Gasteiger charge is 2.27. The highest BCUT2D eigenvalue weighted by molar-refractivity contribution is 8.00. The van der Waals surface area contributed by atoms with Gasteiger partial charge in [0.2, 0.25) is 0 Å². The number of aryl methyl sites for hydroxylation is 2. The van der Waals surface area contributed by atoms with E-state index in [1.54, 1.807) is 11.7 Å². The summed E-state index contributed by atoms with van der Waals surface area (Å²) in [4.78, 5) is 14.4. The summed E-state index contributed by atoms with van der Waals surface area (Å²) in [6.45, 7) is 5.59. The Bertz CT molecular complexity index is 457. The number of hydrogen-bond donors (Lipinski definition) is 1. The third-order valence-electron chi connectivity index (χ3n) is 3.35. The van der Waals surface area contributed by atoms with Gasteiger partial charge in [0.05, 0.1) is 11.4 Å². The van der Waals surface area contributed by atoms with Gasteiger partial charge in [0.15, 0.2) is 0 Å². The Morgan fingerprint density at radius 1 is 1.61 bits per heavy atom. The van der Waals surface area contributed by atoms with Crippen LogP contribution >= 0.6 is 11.8 Å². The average Bonchev–Trinajstić information content (AvgIpc) is 2.62. The maximum atomic E-state index is 12.5. The van der Waals surface area contributed by atoms with E-state index in [1.165, 1.54) is 0 Å². The largest absolute Gasteiger partial charge is 0.395 e. The summed E-state index contributed by atoms with van der Waals surface area (Å²) in [5.74, 6) is 1.01. The number of anilines is 1. The van der Waals surface area contributed by atoms with Crippen LogP contribution in [0.5, 0.6) is 0 Å². The van der Waals surface area contributed by atoms with Crippen molar-refractivity contribution in [3.05, 3.63) is 11.4 Å². The Kier molecular flexibility index (Phi) is 3.85. The smallest absolute Gasteiger partial charge is 0.274 e. The average molecular weight is 268 g/mol. The zero-order valence-electron chi connectivity index (χ0n) is 11.1. The van der Waals surface area contributed by atoms with E-state index in [1.807, 2.05) is 23.6 Å². The van der Waals surface area contributed by atoms with Crippen molar-refractivity contribution in [3.63, 3.8) is 0 Å². The predicted octanol–water partition coefficient (Wildman–Crippen LogP) is 1.28. The highest BCUT2D eigenvalue weighted by atomic mass is 32.2. The first-order chi connectivity index (χ1) is 8.54. The molecule has 1 fully saturated rings. The van der Waals surface area contributed by atoms with Crippen LogP contribution < -0.4 is 5.73 Å². The maximum absolute atomic E-state index is 12.5. The van der Waals surface area contributed by atoms with Crippen molar-refractivity contribution < 1.29 is 4.79 Å². The highest BCUT2D eigenvalue weighted by Crippen LogP contribution is 2.24. The zero-order valence-corrected chi connectivity index (χ0v) is 12.0. The van der Waals surface area contributed by atoms with Crippen LogP contribution in [-0.4, -0.2) is 44.7 Å². The Balaban J connectivity index is 2.20. The molecule has 0 spiro atoms. The molecule has 0 aliphatic carbocycles. The number of carbonyl (C=O) groups is 1. The molecule has 0 aromatic carbocycles. The van der Waals surface area contributed by atoms with Crippen molar-refractivity contribution in [2.75, 3.05) is 24.6 Å². The number of nitrogen functional groups attached to an aromatic ring is 1. The third-order valence-corrected chi connectivity index (χ3v) is 4.72. The molecular weight excluding hydrogens is 248 g/mol. The quantitative estimate of drug-likeness (QED) is 0.877. The molecule has 1 aromatic heterocycles. The molecule has 1 amide bonds.